The first-order valence-corrected chi connectivity index (χ1v) is 6.07. The number of anilines is 1. The zero-order valence-corrected chi connectivity index (χ0v) is 11.1. The lowest BCUT2D eigenvalue weighted by atomic mass is 10.1. The number of nitrogens with two attached hydrogens (primary N) is 1. The minimum absolute atomic E-state index is 0.0535. The second-order valence-electron chi connectivity index (χ2n) is 4.53. The van der Waals surface area contributed by atoms with Crippen LogP contribution in [0.2, 0.25) is 0 Å². The molecule has 0 spiro atoms. The molecule has 0 atom stereocenters. The number of halogens is 1. The zero-order valence-electron chi connectivity index (χ0n) is 11.1. The van der Waals surface area contributed by atoms with Gasteiger partial charge in [-0.25, -0.2) is 9.07 Å². The van der Waals surface area contributed by atoms with Gasteiger partial charge in [0.15, 0.2) is 11.6 Å². The van der Waals surface area contributed by atoms with Crippen molar-refractivity contribution in [3.05, 3.63) is 42.0 Å². The average molecular weight is 272 g/mol. The number of hydrogen-bond donors (Lipinski definition) is 1. The van der Waals surface area contributed by atoms with Gasteiger partial charge in [0.1, 0.15) is 5.52 Å². The molecular weight excluding hydrogens is 259 g/mol. The van der Waals surface area contributed by atoms with E-state index >= 15 is 0 Å². The molecule has 0 unspecified atom stereocenters. The first kappa shape index (κ1) is 12.4. The molecule has 0 bridgehead atoms. The molecular formula is C14H13FN4O. The second kappa shape index (κ2) is 4.48. The Kier molecular flexibility index (Phi) is 2.78. The first-order chi connectivity index (χ1) is 9.56. The number of hydrogen-bond acceptors (Lipinski definition) is 4. The van der Waals surface area contributed by atoms with Crippen LogP contribution >= 0.6 is 0 Å². The Balaban J connectivity index is 2.18. The molecule has 0 radical (unpaired) electrons. The lowest BCUT2D eigenvalue weighted by Crippen LogP contribution is -1.99. The third-order valence-corrected chi connectivity index (χ3v) is 3.00. The van der Waals surface area contributed by atoms with Gasteiger partial charge in [-0.15, -0.1) is 0 Å². The molecule has 20 heavy (non-hydrogen) atoms. The van der Waals surface area contributed by atoms with E-state index in [9.17, 15) is 4.39 Å². The number of pyridine rings is 1. The monoisotopic (exact) mass is 272 g/mol. The fourth-order valence-corrected chi connectivity index (χ4v) is 2.10. The van der Waals surface area contributed by atoms with Crippen molar-refractivity contribution < 1.29 is 9.13 Å². The van der Waals surface area contributed by atoms with E-state index in [1.165, 1.54) is 6.07 Å². The smallest absolute Gasteiger partial charge is 0.218 e. The molecule has 6 heteroatoms. The van der Waals surface area contributed by atoms with Crippen LogP contribution in [0, 0.1) is 12.7 Å². The van der Waals surface area contributed by atoms with E-state index in [0.717, 1.165) is 5.69 Å². The van der Waals surface area contributed by atoms with Gasteiger partial charge >= 0.3 is 0 Å². The normalized spacial score (nSPS) is 10.9. The largest absolute Gasteiger partial charge is 0.434 e. The summed E-state index contributed by atoms with van der Waals surface area (Å²) in [5.41, 5.74) is 7.31. The Bertz CT molecular complexity index is 797. The molecule has 0 aliphatic rings. The fraction of sp³-hybridized carbons (Fsp3) is 0.143. The maximum Gasteiger partial charge on any atom is 0.218 e. The van der Waals surface area contributed by atoms with Gasteiger partial charge in [-0.3, -0.25) is 4.98 Å². The first-order valence-electron chi connectivity index (χ1n) is 6.07. The SMILES string of the molecule is Cc1cc(Oc2c(F)cc(N)c3cccnc23)n(C)n1. The van der Waals surface area contributed by atoms with Crippen molar-refractivity contribution in [3.63, 3.8) is 0 Å². The topological polar surface area (TPSA) is 66.0 Å². The predicted octanol–water partition coefficient (Wildman–Crippen LogP) is 2.79. The molecule has 5 nitrogen and oxygen atoms in total. The molecule has 0 amide bonds. The van der Waals surface area contributed by atoms with Gasteiger partial charge in [0.05, 0.1) is 5.69 Å². The van der Waals surface area contributed by atoms with Crippen LogP contribution in [0.3, 0.4) is 0 Å². The summed E-state index contributed by atoms with van der Waals surface area (Å²) in [4.78, 5) is 4.16. The summed E-state index contributed by atoms with van der Waals surface area (Å²) in [6, 6.07) is 6.49. The predicted molar refractivity (Wildman–Crippen MR) is 74.1 cm³/mol. The van der Waals surface area contributed by atoms with Gasteiger partial charge in [0, 0.05) is 36.5 Å². The Morgan fingerprint density at radius 3 is 2.85 bits per heavy atom. The van der Waals surface area contributed by atoms with Crippen LogP contribution in [-0.4, -0.2) is 14.8 Å². The highest BCUT2D eigenvalue weighted by Crippen LogP contribution is 2.34. The Hall–Kier alpha value is -2.63. The number of aryl methyl sites for hydroxylation is 2. The number of fused-ring (bicyclic) bond motifs is 1. The van der Waals surface area contributed by atoms with Crippen molar-refractivity contribution >= 4 is 16.6 Å². The lowest BCUT2D eigenvalue weighted by molar-refractivity contribution is 0.408. The number of nitrogen functional groups attached to an aromatic ring is 1. The molecule has 0 aliphatic heterocycles. The van der Waals surface area contributed by atoms with Crippen LogP contribution in [0.4, 0.5) is 10.1 Å². The van der Waals surface area contributed by atoms with E-state index in [1.807, 2.05) is 6.92 Å². The molecule has 0 fully saturated rings. The fourth-order valence-electron chi connectivity index (χ4n) is 2.10. The van der Waals surface area contributed by atoms with Crippen molar-refractivity contribution in [2.75, 3.05) is 5.73 Å². The Morgan fingerprint density at radius 1 is 1.35 bits per heavy atom. The van der Waals surface area contributed by atoms with Gasteiger partial charge < -0.3 is 10.5 Å². The number of ether oxygens (including phenoxy) is 1. The molecule has 3 aromatic rings. The zero-order chi connectivity index (χ0) is 14.3. The number of benzene rings is 1. The number of aromatic nitrogens is 3. The average Bonchev–Trinajstić information content (AvgIpc) is 2.73. The van der Waals surface area contributed by atoms with Crippen LogP contribution in [0.1, 0.15) is 5.69 Å². The summed E-state index contributed by atoms with van der Waals surface area (Å²) in [6.07, 6.45) is 1.57. The van der Waals surface area contributed by atoms with Crippen molar-refractivity contribution in [2.24, 2.45) is 7.05 Å². The minimum Gasteiger partial charge on any atom is -0.434 e. The van der Waals surface area contributed by atoms with E-state index in [4.69, 9.17) is 10.5 Å². The van der Waals surface area contributed by atoms with Gasteiger partial charge in [0.25, 0.3) is 0 Å². The van der Waals surface area contributed by atoms with E-state index in [2.05, 4.69) is 10.1 Å². The maximum absolute atomic E-state index is 14.1. The van der Waals surface area contributed by atoms with Crippen molar-refractivity contribution in [1.82, 2.24) is 14.8 Å². The highest BCUT2D eigenvalue weighted by molar-refractivity contribution is 5.94. The highest BCUT2D eigenvalue weighted by atomic mass is 19.1. The maximum atomic E-state index is 14.1. The van der Waals surface area contributed by atoms with E-state index in [1.54, 1.807) is 36.1 Å². The van der Waals surface area contributed by atoms with Crippen molar-refractivity contribution in [2.45, 2.75) is 6.92 Å². The van der Waals surface area contributed by atoms with E-state index < -0.39 is 5.82 Å². The summed E-state index contributed by atoms with van der Waals surface area (Å²) in [5, 5.41) is 4.81. The highest BCUT2D eigenvalue weighted by Gasteiger charge is 2.16. The molecule has 2 N–H and O–H groups in total. The van der Waals surface area contributed by atoms with Crippen LogP contribution in [0.15, 0.2) is 30.5 Å². The molecule has 2 heterocycles. The van der Waals surface area contributed by atoms with E-state index in [-0.39, 0.29) is 5.75 Å². The molecule has 2 aromatic heterocycles. The summed E-state index contributed by atoms with van der Waals surface area (Å²) in [5.74, 6) is -0.0523. The van der Waals surface area contributed by atoms with Crippen LogP contribution in [0.25, 0.3) is 10.9 Å². The van der Waals surface area contributed by atoms with Crippen LogP contribution in [-0.2, 0) is 7.05 Å². The molecule has 0 saturated heterocycles. The lowest BCUT2D eigenvalue weighted by Gasteiger charge is -2.10. The molecule has 0 saturated carbocycles. The number of rotatable bonds is 2. The number of nitrogens with zero attached hydrogens (tertiary/aromatic N) is 3. The molecule has 102 valence electrons. The van der Waals surface area contributed by atoms with Gasteiger partial charge in [0.2, 0.25) is 5.88 Å². The summed E-state index contributed by atoms with van der Waals surface area (Å²) in [6.45, 7) is 1.84. The third-order valence-electron chi connectivity index (χ3n) is 3.00. The quantitative estimate of drug-likeness (QED) is 0.728. The van der Waals surface area contributed by atoms with Gasteiger partial charge in [-0.1, -0.05) is 0 Å². The second-order valence-corrected chi connectivity index (χ2v) is 4.53. The van der Waals surface area contributed by atoms with Gasteiger partial charge in [-0.05, 0) is 19.1 Å². The minimum atomic E-state index is -0.549. The van der Waals surface area contributed by atoms with E-state index in [0.29, 0.717) is 22.5 Å². The summed E-state index contributed by atoms with van der Waals surface area (Å²) >= 11 is 0. The molecule has 3 rings (SSSR count). The molecule has 1 aromatic carbocycles. The Morgan fingerprint density at radius 2 is 2.15 bits per heavy atom. The summed E-state index contributed by atoms with van der Waals surface area (Å²) in [7, 11) is 1.73. The standard InChI is InChI=1S/C14H13FN4O/c1-8-6-12(19(2)18-8)20-14-10(15)7-11(16)9-4-3-5-17-13(9)14/h3-7H,16H2,1-2H3. The third kappa shape index (κ3) is 1.95. The summed E-state index contributed by atoms with van der Waals surface area (Å²) < 4.78 is 21.3. The van der Waals surface area contributed by atoms with Crippen molar-refractivity contribution in [3.8, 4) is 11.6 Å². The Labute approximate surface area is 114 Å². The van der Waals surface area contributed by atoms with Crippen molar-refractivity contribution in [1.29, 1.82) is 0 Å². The van der Waals surface area contributed by atoms with Gasteiger partial charge in [-0.2, -0.15) is 5.10 Å². The van der Waals surface area contributed by atoms with Crippen LogP contribution < -0.4 is 10.5 Å². The molecule has 0 aliphatic carbocycles. The van der Waals surface area contributed by atoms with Crippen LogP contribution in [0.5, 0.6) is 11.6 Å².